The molecule has 0 aliphatic carbocycles. The van der Waals surface area contributed by atoms with E-state index in [9.17, 15) is 43.2 Å². The molecule has 2 aromatic rings. The summed E-state index contributed by atoms with van der Waals surface area (Å²) in [4.78, 5) is 25.2. The van der Waals surface area contributed by atoms with E-state index in [-0.39, 0.29) is 25.9 Å². The van der Waals surface area contributed by atoms with Crippen LogP contribution in [-0.2, 0) is 17.6 Å². The van der Waals surface area contributed by atoms with E-state index >= 15 is 0 Å². The maximum atomic E-state index is 12.8. The standard InChI is InChI=1S/C28H38F3N3O6/c1-27(2,3)34(26(39)40)21(15-19-12-8-5-9-13-19)23(36)17-32-16-22(35)20(14-18-10-6-4-7-11-18)33-25(38)24(37)28(29,30)31/h4-13,20-24,32,35-37H,14-17H2,1-3H3,(H,33,38)(H,39,40)/p-1/t20-,21-,22+,23+,24?/m0/s1. The monoisotopic (exact) mass is 568 g/mol. The van der Waals surface area contributed by atoms with Crippen LogP contribution in [0.25, 0.3) is 0 Å². The topological polar surface area (TPSA) is 145 Å². The Balaban J connectivity index is 2.15. The Morgan fingerprint density at radius 1 is 0.850 bits per heavy atom. The largest absolute Gasteiger partial charge is 0.530 e. The Hall–Kier alpha value is -3.19. The third-order valence-electron chi connectivity index (χ3n) is 6.34. The van der Waals surface area contributed by atoms with Crippen LogP contribution in [0.4, 0.5) is 18.0 Å². The summed E-state index contributed by atoms with van der Waals surface area (Å²) in [5.41, 5.74) is 0.477. The van der Waals surface area contributed by atoms with Gasteiger partial charge in [-0.15, -0.1) is 0 Å². The first-order valence-electron chi connectivity index (χ1n) is 12.8. The molecule has 0 spiro atoms. The lowest BCUT2D eigenvalue weighted by molar-refractivity contribution is -0.275. The molecule has 2 aromatic carbocycles. The zero-order chi connectivity index (χ0) is 30.1. The van der Waals surface area contributed by atoms with Crippen molar-refractivity contribution in [3.8, 4) is 0 Å². The lowest BCUT2D eigenvalue weighted by Crippen LogP contribution is -2.62. The number of rotatable bonds is 13. The van der Waals surface area contributed by atoms with Gasteiger partial charge in [0.05, 0.1) is 24.3 Å². The molecular weight excluding hydrogens is 531 g/mol. The van der Waals surface area contributed by atoms with E-state index in [1.807, 2.05) is 0 Å². The van der Waals surface area contributed by atoms with Gasteiger partial charge in [0, 0.05) is 18.6 Å². The summed E-state index contributed by atoms with van der Waals surface area (Å²) in [6.45, 7) is 4.53. The van der Waals surface area contributed by atoms with Crippen LogP contribution in [0.3, 0.4) is 0 Å². The number of benzene rings is 2. The third kappa shape index (κ3) is 10.1. The molecule has 0 saturated heterocycles. The summed E-state index contributed by atoms with van der Waals surface area (Å²) in [6, 6.07) is 15.2. The van der Waals surface area contributed by atoms with Crippen molar-refractivity contribution in [1.29, 1.82) is 0 Å². The van der Waals surface area contributed by atoms with E-state index in [4.69, 9.17) is 0 Å². The van der Waals surface area contributed by atoms with Gasteiger partial charge in [0.15, 0.2) is 0 Å². The fourth-order valence-electron chi connectivity index (χ4n) is 4.38. The number of alkyl halides is 3. The Morgan fingerprint density at radius 2 is 1.32 bits per heavy atom. The molecule has 2 rings (SSSR count). The second-order valence-corrected chi connectivity index (χ2v) is 10.6. The molecule has 0 bridgehead atoms. The minimum Gasteiger partial charge on any atom is -0.530 e. The molecule has 0 aliphatic rings. The molecule has 0 aliphatic heterocycles. The van der Waals surface area contributed by atoms with Crippen molar-refractivity contribution in [2.75, 3.05) is 13.1 Å². The van der Waals surface area contributed by atoms with Gasteiger partial charge in [0.1, 0.15) is 6.09 Å². The first-order valence-corrected chi connectivity index (χ1v) is 12.8. The number of halogens is 3. The van der Waals surface area contributed by atoms with Crippen molar-refractivity contribution >= 4 is 12.0 Å². The predicted molar refractivity (Wildman–Crippen MR) is 140 cm³/mol. The lowest BCUT2D eigenvalue weighted by Gasteiger charge is -2.45. The summed E-state index contributed by atoms with van der Waals surface area (Å²) in [5.74, 6) is -1.70. The highest BCUT2D eigenvalue weighted by Gasteiger charge is 2.44. The van der Waals surface area contributed by atoms with Crippen molar-refractivity contribution in [3.63, 3.8) is 0 Å². The SMILES string of the molecule is CC(C)(C)N(C(=O)[O-])[C@@H](Cc1ccccc1)[C@H](O)CNC[C@@H](O)[C@H](Cc1ccccc1)NC(=O)C(O)C(F)(F)F. The Labute approximate surface area is 231 Å². The van der Waals surface area contributed by atoms with Crippen LogP contribution in [0.5, 0.6) is 0 Å². The first-order chi connectivity index (χ1) is 18.6. The van der Waals surface area contributed by atoms with Crippen LogP contribution < -0.4 is 15.7 Å². The van der Waals surface area contributed by atoms with Gasteiger partial charge in [-0.2, -0.15) is 13.2 Å². The highest BCUT2D eigenvalue weighted by Crippen LogP contribution is 2.23. The molecule has 2 amide bonds. The summed E-state index contributed by atoms with van der Waals surface area (Å²) in [5, 5.41) is 48.1. The maximum Gasteiger partial charge on any atom is 0.423 e. The van der Waals surface area contributed by atoms with Gasteiger partial charge in [-0.25, -0.2) is 0 Å². The van der Waals surface area contributed by atoms with Crippen molar-refractivity contribution in [2.24, 2.45) is 0 Å². The molecule has 0 saturated carbocycles. The third-order valence-corrected chi connectivity index (χ3v) is 6.34. The zero-order valence-electron chi connectivity index (χ0n) is 22.6. The summed E-state index contributed by atoms with van der Waals surface area (Å²) in [7, 11) is 0. The summed E-state index contributed by atoms with van der Waals surface area (Å²) in [6.07, 6.45) is -12.5. The average molecular weight is 569 g/mol. The molecule has 9 nitrogen and oxygen atoms in total. The van der Waals surface area contributed by atoms with Crippen LogP contribution in [-0.4, -0.2) is 87.4 Å². The van der Waals surface area contributed by atoms with Gasteiger partial charge in [-0.1, -0.05) is 60.7 Å². The smallest absolute Gasteiger partial charge is 0.423 e. The predicted octanol–water partition coefficient (Wildman–Crippen LogP) is 1.00. The molecular formula is C28H37F3N3O6-. The minimum absolute atomic E-state index is 0.0400. The lowest BCUT2D eigenvalue weighted by atomic mass is 9.94. The van der Waals surface area contributed by atoms with E-state index < -0.39 is 54.1 Å². The molecule has 0 radical (unpaired) electrons. The molecule has 0 aromatic heterocycles. The maximum absolute atomic E-state index is 12.8. The van der Waals surface area contributed by atoms with E-state index in [0.29, 0.717) is 5.56 Å². The van der Waals surface area contributed by atoms with E-state index in [2.05, 4.69) is 10.6 Å². The summed E-state index contributed by atoms with van der Waals surface area (Å²) < 4.78 is 38.5. The molecule has 5 atom stereocenters. The number of amides is 2. The van der Waals surface area contributed by atoms with Crippen molar-refractivity contribution < 1.29 is 43.2 Å². The second-order valence-electron chi connectivity index (χ2n) is 10.6. The van der Waals surface area contributed by atoms with Crippen LogP contribution >= 0.6 is 0 Å². The number of carboxylic acid groups (broad SMARTS) is 1. The number of nitrogens with one attached hydrogen (secondary N) is 2. The Bertz CT molecular complexity index is 1070. The zero-order valence-corrected chi connectivity index (χ0v) is 22.6. The van der Waals surface area contributed by atoms with Crippen molar-refractivity contribution in [2.45, 2.75) is 75.7 Å². The number of hydrogen-bond acceptors (Lipinski definition) is 7. The fraction of sp³-hybridized carbons (Fsp3) is 0.500. The number of hydrogen-bond donors (Lipinski definition) is 5. The number of aliphatic hydroxyl groups excluding tert-OH is 3. The van der Waals surface area contributed by atoms with Crippen LogP contribution in [0.1, 0.15) is 31.9 Å². The number of carbonyl (C=O) groups is 2. The van der Waals surface area contributed by atoms with Gasteiger partial charge in [0.25, 0.3) is 5.91 Å². The minimum atomic E-state index is -5.18. The molecule has 0 fully saturated rings. The highest BCUT2D eigenvalue weighted by molar-refractivity contribution is 5.81. The average Bonchev–Trinajstić information content (AvgIpc) is 2.86. The number of aliphatic hydroxyl groups is 3. The molecule has 0 heterocycles. The van der Waals surface area contributed by atoms with Crippen LogP contribution in [0, 0.1) is 0 Å². The molecule has 1 unspecified atom stereocenters. The van der Waals surface area contributed by atoms with E-state index in [0.717, 1.165) is 10.5 Å². The van der Waals surface area contributed by atoms with Gasteiger partial charge >= 0.3 is 6.18 Å². The fourth-order valence-corrected chi connectivity index (χ4v) is 4.38. The Kier molecular flexibility index (Phi) is 11.9. The quantitative estimate of drug-likeness (QED) is 0.243. The van der Waals surface area contributed by atoms with Gasteiger partial charge in [-0.3, -0.25) is 4.79 Å². The normalized spacial score (nSPS) is 15.9. The van der Waals surface area contributed by atoms with Gasteiger partial charge < -0.3 is 40.8 Å². The van der Waals surface area contributed by atoms with E-state index in [1.54, 1.807) is 81.4 Å². The number of carbonyl (C=O) groups excluding carboxylic acids is 2. The summed E-state index contributed by atoms with van der Waals surface area (Å²) >= 11 is 0. The van der Waals surface area contributed by atoms with Crippen LogP contribution in [0.2, 0.25) is 0 Å². The Morgan fingerprint density at radius 3 is 1.77 bits per heavy atom. The molecule has 5 N–H and O–H groups in total. The molecule has 12 heteroatoms. The van der Waals surface area contributed by atoms with E-state index in [1.165, 1.54) is 0 Å². The second kappa shape index (κ2) is 14.4. The van der Waals surface area contributed by atoms with Crippen LogP contribution in [0.15, 0.2) is 60.7 Å². The van der Waals surface area contributed by atoms with Gasteiger partial charge in [0.2, 0.25) is 6.10 Å². The number of nitrogens with zero attached hydrogens (tertiary/aromatic N) is 1. The molecule has 40 heavy (non-hydrogen) atoms. The molecule has 222 valence electrons. The van der Waals surface area contributed by atoms with Gasteiger partial charge in [-0.05, 0) is 44.7 Å². The highest BCUT2D eigenvalue weighted by atomic mass is 19.4. The van der Waals surface area contributed by atoms with Crippen molar-refractivity contribution in [3.05, 3.63) is 71.8 Å². The van der Waals surface area contributed by atoms with Crippen molar-refractivity contribution in [1.82, 2.24) is 15.5 Å². The first kappa shape index (κ1) is 33.0.